The highest BCUT2D eigenvalue weighted by Gasteiger charge is 2.62. The van der Waals surface area contributed by atoms with Crippen LogP contribution in [0, 0.1) is 34.5 Å². The number of hydrogen-bond donors (Lipinski definition) is 1. The van der Waals surface area contributed by atoms with Crippen LogP contribution in [0.3, 0.4) is 0 Å². The van der Waals surface area contributed by atoms with Crippen molar-refractivity contribution in [3.63, 3.8) is 0 Å². The number of hydrogen-bond acceptors (Lipinski definition) is 3. The first kappa shape index (κ1) is 22.4. The van der Waals surface area contributed by atoms with Crippen LogP contribution >= 0.6 is 11.8 Å². The van der Waals surface area contributed by atoms with Gasteiger partial charge in [0.05, 0.1) is 11.0 Å². The van der Waals surface area contributed by atoms with Crippen molar-refractivity contribution in [2.75, 3.05) is 5.75 Å². The maximum absolute atomic E-state index is 13.9. The zero-order valence-electron chi connectivity index (χ0n) is 20.5. The number of benzene rings is 1. The van der Waals surface area contributed by atoms with E-state index in [0.29, 0.717) is 23.5 Å². The number of aromatic amines is 1. The summed E-state index contributed by atoms with van der Waals surface area (Å²) in [7, 11) is 0. The van der Waals surface area contributed by atoms with Crippen molar-refractivity contribution in [2.45, 2.75) is 63.9 Å². The summed E-state index contributed by atoms with van der Waals surface area (Å²) in [5.41, 5.74) is 6.24. The van der Waals surface area contributed by atoms with Crippen LogP contribution in [0.1, 0.15) is 58.8 Å². The van der Waals surface area contributed by atoms with Gasteiger partial charge in [-0.05, 0) is 79.2 Å². The van der Waals surface area contributed by atoms with Gasteiger partial charge >= 0.3 is 0 Å². The quantitative estimate of drug-likeness (QED) is 0.369. The molecule has 2 aromatic rings. The van der Waals surface area contributed by atoms with Crippen molar-refractivity contribution in [3.8, 4) is 0 Å². The van der Waals surface area contributed by atoms with Gasteiger partial charge in [0.25, 0.3) is 0 Å². The minimum atomic E-state index is 0.0504. The fourth-order valence-electron chi connectivity index (χ4n) is 8.40. The maximum Gasteiger partial charge on any atom is 0.166 e. The minimum Gasteiger partial charge on any atom is -0.333 e. The molecule has 0 amide bonds. The summed E-state index contributed by atoms with van der Waals surface area (Å²) in [5, 5.41) is 0.959. The molecule has 0 spiro atoms. The first-order valence-electron chi connectivity index (χ1n) is 13.0. The zero-order chi connectivity index (χ0) is 23.7. The number of Topliss-reactive ketones (excluding diaryl/α,β-unsaturated/α-hetero) is 1. The van der Waals surface area contributed by atoms with Crippen molar-refractivity contribution in [1.29, 1.82) is 0 Å². The summed E-state index contributed by atoms with van der Waals surface area (Å²) < 4.78 is 0. The lowest BCUT2D eigenvalue weighted by atomic mass is 9.46. The molecule has 0 aliphatic heterocycles. The Morgan fingerprint density at radius 1 is 1.21 bits per heavy atom. The molecule has 1 aromatic heterocycles. The fraction of sp³-hybridized carbons (Fsp3) is 0.533. The van der Waals surface area contributed by atoms with Gasteiger partial charge in [-0.2, -0.15) is 0 Å². The monoisotopic (exact) mass is 472 g/mol. The summed E-state index contributed by atoms with van der Waals surface area (Å²) >= 11 is 1.75. The van der Waals surface area contributed by atoms with Crippen LogP contribution in [-0.4, -0.2) is 21.5 Å². The molecule has 0 radical (unpaired) electrons. The van der Waals surface area contributed by atoms with E-state index in [1.54, 1.807) is 11.8 Å². The van der Waals surface area contributed by atoms with Gasteiger partial charge in [-0.3, -0.25) is 4.79 Å². The summed E-state index contributed by atoms with van der Waals surface area (Å²) in [5.74, 6) is 3.18. The molecular formula is C30H36N2OS. The number of H-pyrrole nitrogens is 1. The number of para-hydroxylation sites is 2. The lowest BCUT2D eigenvalue weighted by molar-refractivity contribution is -0.144. The van der Waals surface area contributed by atoms with Crippen LogP contribution in [0.15, 0.2) is 65.4 Å². The van der Waals surface area contributed by atoms with E-state index in [1.165, 1.54) is 29.6 Å². The largest absolute Gasteiger partial charge is 0.333 e. The van der Waals surface area contributed by atoms with Gasteiger partial charge in [0, 0.05) is 18.1 Å². The molecule has 3 saturated carbocycles. The van der Waals surface area contributed by atoms with Crippen molar-refractivity contribution in [2.24, 2.45) is 34.5 Å². The first-order valence-corrected chi connectivity index (χ1v) is 13.9. The Balaban J connectivity index is 1.21. The average molecular weight is 473 g/mol. The van der Waals surface area contributed by atoms with Crippen molar-refractivity contribution >= 4 is 28.6 Å². The third-order valence-corrected chi connectivity index (χ3v) is 11.0. The minimum absolute atomic E-state index is 0.0504. The van der Waals surface area contributed by atoms with E-state index in [9.17, 15) is 4.79 Å². The van der Waals surface area contributed by atoms with Crippen LogP contribution in [0.25, 0.3) is 11.0 Å². The number of nitrogens with one attached hydrogen (secondary N) is 1. The van der Waals surface area contributed by atoms with Crippen LogP contribution in [0.5, 0.6) is 0 Å². The number of aromatic nitrogens is 2. The molecule has 3 nitrogen and oxygen atoms in total. The van der Waals surface area contributed by atoms with Crippen LogP contribution < -0.4 is 0 Å². The van der Waals surface area contributed by atoms with E-state index in [2.05, 4.69) is 44.1 Å². The SMILES string of the molecule is C=C1C=C2CCC3C(C(=O)CC4(C)C(C(=C)CSc5nc6ccccc6[nH]5)CCC34)C2(C)CC1. The summed E-state index contributed by atoms with van der Waals surface area (Å²) in [6.45, 7) is 13.6. The molecule has 1 N–H and O–H groups in total. The molecule has 1 heterocycles. The van der Waals surface area contributed by atoms with Gasteiger partial charge in [0.15, 0.2) is 5.16 Å². The summed E-state index contributed by atoms with van der Waals surface area (Å²) in [6, 6.07) is 8.18. The van der Waals surface area contributed by atoms with E-state index in [0.717, 1.165) is 54.0 Å². The molecule has 4 aliphatic rings. The Morgan fingerprint density at radius 3 is 2.85 bits per heavy atom. The van der Waals surface area contributed by atoms with E-state index >= 15 is 0 Å². The Hall–Kier alpha value is -2.07. The number of nitrogens with zero attached hydrogens (tertiary/aromatic N) is 1. The Bertz CT molecular complexity index is 1190. The third kappa shape index (κ3) is 3.31. The van der Waals surface area contributed by atoms with E-state index in [4.69, 9.17) is 4.98 Å². The number of ketones is 1. The number of thioether (sulfide) groups is 1. The second kappa shape index (κ2) is 7.98. The molecule has 0 bridgehead atoms. The normalized spacial score (nSPS) is 37.2. The van der Waals surface area contributed by atoms with Gasteiger partial charge in [0.2, 0.25) is 0 Å². The predicted octanol–water partition coefficient (Wildman–Crippen LogP) is 7.53. The summed E-state index contributed by atoms with van der Waals surface area (Å²) in [6.07, 6.45) is 9.91. The molecule has 3 fully saturated rings. The van der Waals surface area contributed by atoms with Crippen molar-refractivity contribution in [3.05, 3.63) is 60.2 Å². The van der Waals surface area contributed by atoms with Gasteiger partial charge < -0.3 is 4.98 Å². The number of allylic oxidation sites excluding steroid dienone is 3. The second-order valence-corrected chi connectivity index (χ2v) is 12.8. The highest BCUT2D eigenvalue weighted by atomic mass is 32.2. The Kier molecular flexibility index (Phi) is 5.26. The standard InChI is InChI=1S/C30H36N2OS/c1-18-13-14-29(3)20(15-18)9-10-21-23-12-11-22(30(23,4)16-26(33)27(21)29)19(2)17-34-28-31-24-7-5-6-8-25(24)32-28/h5-8,15,21-23,27H,1-2,9-14,16-17H2,3-4H3,(H,31,32). The number of imidazole rings is 1. The highest BCUT2D eigenvalue weighted by Crippen LogP contribution is 2.66. The molecule has 1 aromatic carbocycles. The zero-order valence-corrected chi connectivity index (χ0v) is 21.3. The fourth-order valence-corrected chi connectivity index (χ4v) is 9.27. The molecule has 6 unspecified atom stereocenters. The van der Waals surface area contributed by atoms with Gasteiger partial charge in [0.1, 0.15) is 5.78 Å². The molecule has 6 atom stereocenters. The molecule has 6 rings (SSSR count). The molecular weight excluding hydrogens is 436 g/mol. The number of rotatable bonds is 4. The van der Waals surface area contributed by atoms with Crippen molar-refractivity contribution < 1.29 is 4.79 Å². The first-order chi connectivity index (χ1) is 16.3. The molecule has 178 valence electrons. The van der Waals surface area contributed by atoms with Gasteiger partial charge in [-0.25, -0.2) is 4.98 Å². The number of carbonyl (C=O) groups is 1. The van der Waals surface area contributed by atoms with E-state index < -0.39 is 0 Å². The third-order valence-electron chi connectivity index (χ3n) is 10.0. The predicted molar refractivity (Wildman–Crippen MR) is 141 cm³/mol. The summed E-state index contributed by atoms with van der Waals surface area (Å²) in [4.78, 5) is 22.0. The van der Waals surface area contributed by atoms with E-state index in [1.807, 2.05) is 18.2 Å². The molecule has 0 saturated heterocycles. The maximum atomic E-state index is 13.9. The lowest BCUT2D eigenvalue weighted by Crippen LogP contribution is -2.54. The van der Waals surface area contributed by atoms with Crippen LogP contribution in [0.4, 0.5) is 0 Å². The van der Waals surface area contributed by atoms with Gasteiger partial charge in [-0.15, -0.1) is 0 Å². The number of fused-ring (bicyclic) bond motifs is 6. The number of carbonyl (C=O) groups excluding carboxylic acids is 1. The molecule has 4 aliphatic carbocycles. The van der Waals surface area contributed by atoms with Crippen LogP contribution in [-0.2, 0) is 4.79 Å². The Morgan fingerprint density at radius 2 is 2.03 bits per heavy atom. The smallest absolute Gasteiger partial charge is 0.166 e. The van der Waals surface area contributed by atoms with Crippen molar-refractivity contribution in [1.82, 2.24) is 9.97 Å². The van der Waals surface area contributed by atoms with Gasteiger partial charge in [-0.1, -0.05) is 73.7 Å². The van der Waals surface area contributed by atoms with Crippen LogP contribution in [0.2, 0.25) is 0 Å². The molecule has 34 heavy (non-hydrogen) atoms. The topological polar surface area (TPSA) is 45.8 Å². The Labute approximate surface area is 207 Å². The lowest BCUT2D eigenvalue weighted by Gasteiger charge is -2.57. The highest BCUT2D eigenvalue weighted by molar-refractivity contribution is 7.99. The second-order valence-electron chi connectivity index (χ2n) is 11.8. The molecule has 4 heteroatoms. The van der Waals surface area contributed by atoms with E-state index in [-0.39, 0.29) is 16.7 Å². The average Bonchev–Trinajstić information content (AvgIpc) is 3.37.